The van der Waals surface area contributed by atoms with E-state index < -0.39 is 60.2 Å². The number of aromatic hydroxyl groups is 1. The van der Waals surface area contributed by atoms with Crippen molar-refractivity contribution < 1.29 is 43.1 Å². The Kier molecular flexibility index (Phi) is 6.99. The number of aromatic nitrogens is 3. The number of ether oxygens (including phenoxy) is 2. The van der Waals surface area contributed by atoms with E-state index in [1.54, 1.807) is 12.1 Å². The third-order valence-corrected chi connectivity index (χ3v) is 7.54. The van der Waals surface area contributed by atoms with Crippen LogP contribution in [0.25, 0.3) is 22.0 Å². The topological polar surface area (TPSA) is 142 Å². The Morgan fingerprint density at radius 3 is 2.61 bits per heavy atom. The molecule has 2 saturated heterocycles. The first-order valence-electron chi connectivity index (χ1n) is 12.8. The molecule has 2 aliphatic heterocycles. The average Bonchev–Trinajstić information content (AvgIpc) is 3.59. The van der Waals surface area contributed by atoms with Gasteiger partial charge in [0, 0.05) is 23.8 Å². The normalized spacial score (nSPS) is 28.3. The van der Waals surface area contributed by atoms with Crippen molar-refractivity contribution in [3.63, 3.8) is 0 Å². The maximum absolute atomic E-state index is 13.8. The monoisotopic (exact) mass is 570 g/mol. The standard InChI is InChI=1S/C28H25F3N4O6/c29-19-7-15(8-20(30)25(19)31)21-11-35(34-33-21)26-23(38)13-40-28(27(26)39)24(9-16(12-36)41-28)32-10-18-17-4-2-1-3-14(17)5-6-22(18)37/h1-8,10-11,16,23-24,26-27,36-39H,9,12-13H2/b32-10-. The van der Waals surface area contributed by atoms with E-state index in [1.165, 1.54) is 12.4 Å². The van der Waals surface area contributed by atoms with Gasteiger partial charge in [-0.15, -0.1) is 5.10 Å². The second kappa shape index (κ2) is 10.5. The summed E-state index contributed by atoms with van der Waals surface area (Å²) < 4.78 is 54.0. The van der Waals surface area contributed by atoms with E-state index in [0.29, 0.717) is 5.56 Å². The van der Waals surface area contributed by atoms with Crippen molar-refractivity contribution >= 4 is 17.0 Å². The summed E-state index contributed by atoms with van der Waals surface area (Å²) in [7, 11) is 0. The zero-order valence-corrected chi connectivity index (χ0v) is 21.3. The lowest BCUT2D eigenvalue weighted by atomic mass is 9.89. The van der Waals surface area contributed by atoms with Crippen molar-refractivity contribution in [2.24, 2.45) is 4.99 Å². The maximum atomic E-state index is 13.8. The zero-order chi connectivity index (χ0) is 28.9. The number of rotatable bonds is 5. The van der Waals surface area contributed by atoms with Crippen LogP contribution in [0.15, 0.2) is 59.7 Å². The third kappa shape index (κ3) is 4.65. The van der Waals surface area contributed by atoms with Gasteiger partial charge in [-0.3, -0.25) is 4.99 Å². The Morgan fingerprint density at radius 1 is 1.10 bits per heavy atom. The number of hydrogen-bond donors (Lipinski definition) is 4. The van der Waals surface area contributed by atoms with E-state index in [0.717, 1.165) is 27.6 Å². The van der Waals surface area contributed by atoms with Gasteiger partial charge >= 0.3 is 0 Å². The first kappa shape index (κ1) is 27.3. The fraction of sp³-hybridized carbons (Fsp3) is 0.321. The number of aliphatic imine (C=N–C) groups is 1. The van der Waals surface area contributed by atoms with Crippen molar-refractivity contribution in [1.82, 2.24) is 15.0 Å². The number of aliphatic hydroxyl groups excluding tert-OH is 3. The molecule has 0 amide bonds. The van der Waals surface area contributed by atoms with Crippen molar-refractivity contribution in [3.8, 4) is 17.0 Å². The van der Waals surface area contributed by atoms with Gasteiger partial charge in [0.05, 0.1) is 25.5 Å². The molecule has 3 aromatic carbocycles. The van der Waals surface area contributed by atoms with E-state index >= 15 is 0 Å². The van der Waals surface area contributed by atoms with Crippen LogP contribution in [0, 0.1) is 17.5 Å². The van der Waals surface area contributed by atoms with Crippen LogP contribution >= 0.6 is 0 Å². The molecule has 3 heterocycles. The summed E-state index contributed by atoms with van der Waals surface area (Å²) in [4.78, 5) is 4.61. The van der Waals surface area contributed by atoms with Gasteiger partial charge in [-0.05, 0) is 29.0 Å². The molecule has 13 heteroatoms. The van der Waals surface area contributed by atoms with Gasteiger partial charge in [0.1, 0.15) is 35.7 Å². The predicted molar refractivity (Wildman–Crippen MR) is 139 cm³/mol. The minimum absolute atomic E-state index is 0.0126. The Labute approximate surface area is 230 Å². The highest BCUT2D eigenvalue weighted by molar-refractivity contribution is 6.02. The summed E-state index contributed by atoms with van der Waals surface area (Å²) in [6, 6.07) is 10.1. The number of hydrogen-bond acceptors (Lipinski definition) is 9. The number of benzene rings is 3. The summed E-state index contributed by atoms with van der Waals surface area (Å²) in [6.45, 7) is -0.716. The SMILES string of the molecule is OCC1CC(/N=C\c2c(O)ccc3ccccc23)C2(OCC(O)C(n3cc(-c4cc(F)c(F)c(F)c4)nn3)C2O)O1. The summed E-state index contributed by atoms with van der Waals surface area (Å²) in [5.41, 5.74) is 0.296. The second-order valence-corrected chi connectivity index (χ2v) is 10.0. The van der Waals surface area contributed by atoms with Gasteiger partial charge < -0.3 is 29.9 Å². The first-order chi connectivity index (χ1) is 19.7. The van der Waals surface area contributed by atoms with Crippen LogP contribution in [0.2, 0.25) is 0 Å². The van der Waals surface area contributed by atoms with Crippen molar-refractivity contribution in [3.05, 3.63) is 77.7 Å². The molecule has 0 bridgehead atoms. The molecule has 4 aromatic rings. The molecule has 1 aromatic heterocycles. The lowest BCUT2D eigenvalue weighted by molar-refractivity contribution is -0.325. The number of halogens is 3. The Hall–Kier alpha value is -3.88. The van der Waals surface area contributed by atoms with Crippen LogP contribution in [0.5, 0.6) is 5.75 Å². The van der Waals surface area contributed by atoms with Crippen molar-refractivity contribution in [2.75, 3.05) is 13.2 Å². The van der Waals surface area contributed by atoms with Crippen LogP contribution in [0.4, 0.5) is 13.2 Å². The Morgan fingerprint density at radius 2 is 1.85 bits per heavy atom. The predicted octanol–water partition coefficient (Wildman–Crippen LogP) is 2.48. The molecule has 1 spiro atoms. The van der Waals surface area contributed by atoms with Gasteiger partial charge in [0.15, 0.2) is 17.5 Å². The van der Waals surface area contributed by atoms with E-state index in [-0.39, 0.29) is 30.0 Å². The summed E-state index contributed by atoms with van der Waals surface area (Å²) in [5.74, 6) is -6.28. The van der Waals surface area contributed by atoms with Gasteiger partial charge in [0.2, 0.25) is 5.79 Å². The highest BCUT2D eigenvalue weighted by Crippen LogP contribution is 2.44. The van der Waals surface area contributed by atoms with Gasteiger partial charge in [-0.1, -0.05) is 35.5 Å². The van der Waals surface area contributed by atoms with E-state index in [2.05, 4.69) is 15.3 Å². The largest absolute Gasteiger partial charge is 0.507 e. The van der Waals surface area contributed by atoms with E-state index in [9.17, 15) is 33.6 Å². The molecule has 0 saturated carbocycles. The molecule has 2 fully saturated rings. The van der Waals surface area contributed by atoms with Gasteiger partial charge in [-0.25, -0.2) is 17.9 Å². The molecule has 2 aliphatic rings. The fourth-order valence-electron chi connectivity index (χ4n) is 5.49. The highest BCUT2D eigenvalue weighted by Gasteiger charge is 2.61. The number of phenolic OH excluding ortho intramolecular Hbond substituents is 1. The Bertz CT molecular complexity index is 1610. The number of phenols is 1. The molecule has 6 rings (SSSR count). The van der Waals surface area contributed by atoms with Crippen LogP contribution < -0.4 is 0 Å². The lowest BCUT2D eigenvalue weighted by Gasteiger charge is -2.45. The first-order valence-corrected chi connectivity index (χ1v) is 12.8. The minimum Gasteiger partial charge on any atom is -0.507 e. The number of nitrogens with zero attached hydrogens (tertiary/aromatic N) is 4. The molecule has 4 N–H and O–H groups in total. The number of fused-ring (bicyclic) bond motifs is 1. The van der Waals surface area contributed by atoms with Gasteiger partial charge in [0.25, 0.3) is 0 Å². The molecule has 41 heavy (non-hydrogen) atoms. The second-order valence-electron chi connectivity index (χ2n) is 10.0. The molecule has 6 unspecified atom stereocenters. The molecule has 0 radical (unpaired) electrons. The lowest BCUT2D eigenvalue weighted by Crippen LogP contribution is -2.62. The van der Waals surface area contributed by atoms with Crippen LogP contribution in [-0.2, 0) is 9.47 Å². The van der Waals surface area contributed by atoms with Crippen LogP contribution in [-0.4, -0.2) is 85.0 Å². The fourth-order valence-corrected chi connectivity index (χ4v) is 5.49. The minimum atomic E-state index is -1.83. The molecule has 0 aliphatic carbocycles. The molecule has 10 nitrogen and oxygen atoms in total. The maximum Gasteiger partial charge on any atom is 0.220 e. The van der Waals surface area contributed by atoms with Gasteiger partial charge in [-0.2, -0.15) is 0 Å². The summed E-state index contributed by atoms with van der Waals surface area (Å²) in [5, 5.41) is 52.2. The van der Waals surface area contributed by atoms with E-state index in [1.807, 2.05) is 24.3 Å². The molecule has 6 atom stereocenters. The van der Waals surface area contributed by atoms with Crippen molar-refractivity contribution in [2.45, 2.75) is 42.6 Å². The summed E-state index contributed by atoms with van der Waals surface area (Å²) in [6.07, 6.45) is -0.838. The molecular formula is C28H25F3N4O6. The number of aliphatic hydroxyl groups is 3. The van der Waals surface area contributed by atoms with E-state index in [4.69, 9.17) is 9.47 Å². The van der Waals surface area contributed by atoms with Crippen molar-refractivity contribution in [1.29, 1.82) is 0 Å². The zero-order valence-electron chi connectivity index (χ0n) is 21.3. The smallest absolute Gasteiger partial charge is 0.220 e. The third-order valence-electron chi connectivity index (χ3n) is 7.54. The summed E-state index contributed by atoms with van der Waals surface area (Å²) >= 11 is 0. The quantitative estimate of drug-likeness (QED) is 0.212. The van der Waals surface area contributed by atoms with Crippen LogP contribution in [0.3, 0.4) is 0 Å². The highest BCUT2D eigenvalue weighted by atomic mass is 19.2. The average molecular weight is 571 g/mol. The van der Waals surface area contributed by atoms with Crippen LogP contribution in [0.1, 0.15) is 18.0 Å². The Balaban J connectivity index is 1.35. The molecule has 214 valence electrons. The molecular weight excluding hydrogens is 545 g/mol.